The fourth-order valence-electron chi connectivity index (χ4n) is 2.99. The predicted molar refractivity (Wildman–Crippen MR) is 120 cm³/mol. The van der Waals surface area contributed by atoms with Gasteiger partial charge in [-0.2, -0.15) is 20.1 Å². The number of nitrogens with one attached hydrogen (secondary N) is 1. The standard InChI is InChI=1S/C23H21N5O5/c1-14-19(12-24)23(30)28(16-6-9-17(31-2)10-7-16)27-21(14)22(29)26-25-13-15-5-8-18(32-3)11-20(15)33-4/h5-11,13H,1-4H3,(H,26,29)/b25-13+. The molecule has 168 valence electrons. The third kappa shape index (κ3) is 4.83. The Morgan fingerprint density at radius 3 is 2.36 bits per heavy atom. The van der Waals surface area contributed by atoms with Crippen LogP contribution in [0.25, 0.3) is 5.69 Å². The maximum atomic E-state index is 12.8. The van der Waals surface area contributed by atoms with E-state index in [1.54, 1.807) is 49.6 Å². The molecule has 0 aliphatic heterocycles. The summed E-state index contributed by atoms with van der Waals surface area (Å²) < 4.78 is 16.6. The van der Waals surface area contributed by atoms with Gasteiger partial charge in [-0.1, -0.05) is 0 Å². The molecule has 3 aromatic rings. The van der Waals surface area contributed by atoms with Crippen molar-refractivity contribution in [2.24, 2.45) is 5.10 Å². The van der Waals surface area contributed by atoms with Crippen LogP contribution in [0.2, 0.25) is 0 Å². The molecule has 0 spiro atoms. The number of benzene rings is 2. The minimum absolute atomic E-state index is 0.110. The topological polar surface area (TPSA) is 128 Å². The normalized spacial score (nSPS) is 10.5. The summed E-state index contributed by atoms with van der Waals surface area (Å²) in [5.41, 5.74) is 2.57. The molecule has 1 amide bonds. The number of hydrogen-bond donors (Lipinski definition) is 1. The molecular formula is C23H21N5O5. The summed E-state index contributed by atoms with van der Waals surface area (Å²) in [6.07, 6.45) is 1.40. The highest BCUT2D eigenvalue weighted by Crippen LogP contribution is 2.23. The van der Waals surface area contributed by atoms with Crippen molar-refractivity contribution in [1.82, 2.24) is 15.2 Å². The van der Waals surface area contributed by atoms with Gasteiger partial charge in [-0.05, 0) is 43.3 Å². The molecule has 10 nitrogen and oxygen atoms in total. The van der Waals surface area contributed by atoms with Crippen molar-refractivity contribution >= 4 is 12.1 Å². The summed E-state index contributed by atoms with van der Waals surface area (Å²) in [5, 5.41) is 17.6. The van der Waals surface area contributed by atoms with Gasteiger partial charge in [0, 0.05) is 17.2 Å². The maximum absolute atomic E-state index is 12.8. The molecule has 0 saturated carbocycles. The van der Waals surface area contributed by atoms with Gasteiger partial charge in [-0.15, -0.1) is 0 Å². The molecule has 1 N–H and O–H groups in total. The molecule has 0 aliphatic carbocycles. The second-order valence-corrected chi connectivity index (χ2v) is 6.68. The van der Waals surface area contributed by atoms with Crippen molar-refractivity contribution in [2.75, 3.05) is 21.3 Å². The van der Waals surface area contributed by atoms with Crippen molar-refractivity contribution in [3.8, 4) is 29.0 Å². The van der Waals surface area contributed by atoms with E-state index in [0.29, 0.717) is 28.5 Å². The predicted octanol–water partition coefficient (Wildman–Crippen LogP) is 2.20. The number of nitrogens with zero attached hydrogens (tertiary/aromatic N) is 4. The van der Waals surface area contributed by atoms with Gasteiger partial charge in [0.2, 0.25) is 0 Å². The lowest BCUT2D eigenvalue weighted by molar-refractivity contribution is 0.0947. The minimum atomic E-state index is -0.685. The molecule has 0 atom stereocenters. The number of carbonyl (C=O) groups excluding carboxylic acids is 1. The molecule has 0 bridgehead atoms. The Kier molecular flexibility index (Phi) is 7.05. The molecule has 3 rings (SSSR count). The monoisotopic (exact) mass is 447 g/mol. The van der Waals surface area contributed by atoms with Gasteiger partial charge in [0.25, 0.3) is 11.5 Å². The van der Waals surface area contributed by atoms with Crippen molar-refractivity contribution in [3.63, 3.8) is 0 Å². The number of hydrazone groups is 1. The van der Waals surface area contributed by atoms with E-state index in [0.717, 1.165) is 4.68 Å². The van der Waals surface area contributed by atoms with Gasteiger partial charge in [0.15, 0.2) is 5.69 Å². The van der Waals surface area contributed by atoms with E-state index in [1.165, 1.54) is 27.4 Å². The zero-order valence-electron chi connectivity index (χ0n) is 18.4. The number of hydrogen-bond acceptors (Lipinski definition) is 8. The summed E-state index contributed by atoms with van der Waals surface area (Å²) in [4.78, 5) is 25.5. The van der Waals surface area contributed by atoms with Gasteiger partial charge < -0.3 is 14.2 Å². The van der Waals surface area contributed by atoms with Gasteiger partial charge in [-0.25, -0.2) is 5.43 Å². The van der Waals surface area contributed by atoms with E-state index in [4.69, 9.17) is 14.2 Å². The SMILES string of the molecule is COc1ccc(-n2nc(C(=O)N/N=C/c3ccc(OC)cc3OC)c(C)c(C#N)c2=O)cc1. The van der Waals surface area contributed by atoms with Crippen molar-refractivity contribution < 1.29 is 19.0 Å². The Bertz CT molecular complexity index is 1310. The first-order valence-electron chi connectivity index (χ1n) is 9.67. The molecule has 0 saturated heterocycles. The number of ether oxygens (including phenoxy) is 3. The van der Waals surface area contributed by atoms with E-state index >= 15 is 0 Å². The first-order chi connectivity index (χ1) is 15.9. The zero-order chi connectivity index (χ0) is 24.0. The fraction of sp³-hybridized carbons (Fsp3) is 0.174. The molecule has 33 heavy (non-hydrogen) atoms. The van der Waals surface area contributed by atoms with E-state index in [9.17, 15) is 14.9 Å². The van der Waals surface area contributed by atoms with Crippen LogP contribution < -0.4 is 25.2 Å². The molecule has 0 radical (unpaired) electrons. The third-order valence-corrected chi connectivity index (χ3v) is 4.79. The van der Waals surface area contributed by atoms with Crippen LogP contribution in [-0.2, 0) is 0 Å². The highest BCUT2D eigenvalue weighted by Gasteiger charge is 2.20. The number of rotatable bonds is 7. The third-order valence-electron chi connectivity index (χ3n) is 4.79. The first kappa shape index (κ1) is 23.0. The Hall–Kier alpha value is -4.65. The van der Waals surface area contributed by atoms with Crippen molar-refractivity contribution in [3.05, 3.63) is 75.2 Å². The Balaban J connectivity index is 1.94. The average molecular weight is 447 g/mol. The Morgan fingerprint density at radius 2 is 1.76 bits per heavy atom. The number of carbonyl (C=O) groups is 1. The molecule has 0 unspecified atom stereocenters. The van der Waals surface area contributed by atoms with Crippen LogP contribution in [0.4, 0.5) is 0 Å². The molecular weight excluding hydrogens is 426 g/mol. The molecule has 10 heteroatoms. The molecule has 0 fully saturated rings. The van der Waals surface area contributed by atoms with Crippen LogP contribution in [-0.4, -0.2) is 43.2 Å². The Morgan fingerprint density at radius 1 is 1.09 bits per heavy atom. The molecule has 0 aliphatic rings. The van der Waals surface area contributed by atoms with E-state index in [1.807, 2.05) is 6.07 Å². The maximum Gasteiger partial charge on any atom is 0.292 e. The van der Waals surface area contributed by atoms with Crippen molar-refractivity contribution in [2.45, 2.75) is 6.92 Å². The number of amides is 1. The molecule has 2 aromatic carbocycles. The first-order valence-corrected chi connectivity index (χ1v) is 9.67. The van der Waals surface area contributed by atoms with Crippen molar-refractivity contribution in [1.29, 1.82) is 5.26 Å². The van der Waals surface area contributed by atoms with E-state index in [-0.39, 0.29) is 16.8 Å². The van der Waals surface area contributed by atoms with Crippen LogP contribution in [0.5, 0.6) is 17.2 Å². The highest BCUT2D eigenvalue weighted by molar-refractivity contribution is 5.95. The molecule has 1 heterocycles. The lowest BCUT2D eigenvalue weighted by atomic mass is 10.1. The summed E-state index contributed by atoms with van der Waals surface area (Å²) in [5.74, 6) is 1.01. The van der Waals surface area contributed by atoms with Gasteiger partial charge in [0.05, 0.1) is 33.2 Å². The van der Waals surface area contributed by atoms with E-state index < -0.39 is 11.5 Å². The fourth-order valence-corrected chi connectivity index (χ4v) is 2.99. The largest absolute Gasteiger partial charge is 0.497 e. The second kappa shape index (κ2) is 10.1. The Labute approximate surface area is 189 Å². The van der Waals surface area contributed by atoms with Gasteiger partial charge in [-0.3, -0.25) is 9.59 Å². The smallest absolute Gasteiger partial charge is 0.292 e. The highest BCUT2D eigenvalue weighted by atomic mass is 16.5. The minimum Gasteiger partial charge on any atom is -0.497 e. The van der Waals surface area contributed by atoms with Crippen LogP contribution >= 0.6 is 0 Å². The van der Waals surface area contributed by atoms with Crippen LogP contribution in [0, 0.1) is 18.3 Å². The second-order valence-electron chi connectivity index (χ2n) is 6.68. The van der Waals surface area contributed by atoms with Crippen LogP contribution in [0.3, 0.4) is 0 Å². The number of aromatic nitrogens is 2. The van der Waals surface area contributed by atoms with Gasteiger partial charge in [0.1, 0.15) is 28.9 Å². The number of methoxy groups -OCH3 is 3. The molecule has 1 aromatic heterocycles. The van der Waals surface area contributed by atoms with E-state index in [2.05, 4.69) is 15.6 Å². The summed E-state index contributed by atoms with van der Waals surface area (Å²) in [6, 6.07) is 13.4. The zero-order valence-corrected chi connectivity index (χ0v) is 18.4. The van der Waals surface area contributed by atoms with Gasteiger partial charge >= 0.3 is 0 Å². The van der Waals surface area contributed by atoms with Crippen LogP contribution in [0.15, 0.2) is 52.4 Å². The summed E-state index contributed by atoms with van der Waals surface area (Å²) in [6.45, 7) is 1.48. The van der Waals surface area contributed by atoms with Crippen LogP contribution in [0.1, 0.15) is 27.2 Å². The lowest BCUT2D eigenvalue weighted by Crippen LogP contribution is -2.31. The quantitative estimate of drug-likeness (QED) is 0.434. The summed E-state index contributed by atoms with van der Waals surface area (Å²) in [7, 11) is 4.56. The average Bonchev–Trinajstić information content (AvgIpc) is 2.84. The lowest BCUT2D eigenvalue weighted by Gasteiger charge is -2.11. The summed E-state index contributed by atoms with van der Waals surface area (Å²) >= 11 is 0. The number of nitriles is 1.